The fraction of sp³-hybridized carbons (Fsp3) is 0.900. The normalized spacial score (nSPS) is 14.0. The van der Waals surface area contributed by atoms with Gasteiger partial charge in [-0.1, -0.05) is 0 Å². The molecule has 3 N–H and O–H groups in total. The molecule has 0 aliphatic heterocycles. The molecule has 0 fully saturated rings. The summed E-state index contributed by atoms with van der Waals surface area (Å²) in [5, 5.41) is -0.645. The molecule has 0 rings (SSSR count). The number of nitrogens with one attached hydrogen (secondary N) is 1. The summed E-state index contributed by atoms with van der Waals surface area (Å²) in [6.45, 7) is 9.64. The Balaban J connectivity index is 5.01. The topological polar surface area (TPSA) is 89.3 Å². The van der Waals surface area contributed by atoms with Crippen LogP contribution in [-0.4, -0.2) is 25.1 Å². The van der Waals surface area contributed by atoms with Crippen LogP contribution in [0, 0.1) is 5.41 Å². The maximum atomic E-state index is 11.9. The van der Waals surface area contributed by atoms with Crippen molar-refractivity contribution in [2.45, 2.75) is 52.3 Å². The van der Waals surface area contributed by atoms with E-state index in [2.05, 4.69) is 4.72 Å². The minimum Gasteiger partial charge on any atom is -0.325 e. The van der Waals surface area contributed by atoms with E-state index in [0.717, 1.165) is 0 Å². The average Bonchev–Trinajstić information content (AvgIpc) is 2.00. The molecule has 0 aromatic carbocycles. The van der Waals surface area contributed by atoms with E-state index in [9.17, 15) is 13.2 Å². The Morgan fingerprint density at radius 1 is 1.19 bits per heavy atom. The summed E-state index contributed by atoms with van der Waals surface area (Å²) in [4.78, 5) is 11.9. The predicted molar refractivity (Wildman–Crippen MR) is 64.2 cm³/mol. The average molecular weight is 250 g/mol. The zero-order valence-corrected chi connectivity index (χ0v) is 11.6. The summed E-state index contributed by atoms with van der Waals surface area (Å²) in [5.74, 6) is -0.575. The van der Waals surface area contributed by atoms with Crippen molar-refractivity contribution in [1.29, 1.82) is 0 Å². The van der Waals surface area contributed by atoms with Crippen LogP contribution in [0.5, 0.6) is 0 Å². The van der Waals surface area contributed by atoms with Gasteiger partial charge >= 0.3 is 0 Å². The highest BCUT2D eigenvalue weighted by atomic mass is 32.2. The molecule has 0 radical (unpaired) electrons. The molecule has 0 aromatic heterocycles. The maximum absolute atomic E-state index is 11.9. The van der Waals surface area contributed by atoms with Crippen LogP contribution in [0.4, 0.5) is 0 Å². The zero-order valence-electron chi connectivity index (χ0n) is 10.8. The standard InChI is InChI=1S/C10H22N2O3S/c1-7(2)16(14,15)12-8(13)9(3,4)10(5,6)11/h7H,11H2,1-6H3,(H,12,13). The molecular formula is C10H22N2O3S. The van der Waals surface area contributed by atoms with Gasteiger partial charge in [0, 0.05) is 5.54 Å². The predicted octanol–water partition coefficient (Wildman–Crippen LogP) is 0.604. The first-order valence-electron chi connectivity index (χ1n) is 5.17. The van der Waals surface area contributed by atoms with Crippen LogP contribution in [-0.2, 0) is 14.8 Å². The Morgan fingerprint density at radius 2 is 1.56 bits per heavy atom. The van der Waals surface area contributed by atoms with Gasteiger partial charge in [-0.15, -0.1) is 0 Å². The minimum atomic E-state index is -3.60. The number of carbonyl (C=O) groups excluding carboxylic acids is 1. The molecule has 0 aliphatic rings. The lowest BCUT2D eigenvalue weighted by molar-refractivity contribution is -0.130. The Labute approximate surface area is 97.8 Å². The largest absolute Gasteiger partial charge is 0.325 e. The van der Waals surface area contributed by atoms with Gasteiger partial charge in [0.05, 0.1) is 10.7 Å². The number of carbonyl (C=O) groups is 1. The van der Waals surface area contributed by atoms with E-state index in [1.165, 1.54) is 13.8 Å². The van der Waals surface area contributed by atoms with Crippen LogP contribution < -0.4 is 10.5 Å². The zero-order chi connectivity index (χ0) is 13.4. The fourth-order valence-electron chi connectivity index (χ4n) is 0.667. The molecule has 0 heterocycles. The first-order valence-corrected chi connectivity index (χ1v) is 6.72. The molecule has 5 nitrogen and oxygen atoms in total. The van der Waals surface area contributed by atoms with Gasteiger partial charge in [-0.25, -0.2) is 8.42 Å². The maximum Gasteiger partial charge on any atom is 0.240 e. The Hall–Kier alpha value is -0.620. The number of amides is 1. The molecule has 0 spiro atoms. The van der Waals surface area contributed by atoms with Crippen molar-refractivity contribution >= 4 is 15.9 Å². The number of sulfonamides is 1. The van der Waals surface area contributed by atoms with Crippen molar-refractivity contribution < 1.29 is 13.2 Å². The second-order valence-corrected chi connectivity index (χ2v) is 7.61. The van der Waals surface area contributed by atoms with Crippen LogP contribution in [0.2, 0.25) is 0 Å². The highest BCUT2D eigenvalue weighted by Gasteiger charge is 2.42. The van der Waals surface area contributed by atoms with Gasteiger partial charge in [0.2, 0.25) is 15.9 Å². The van der Waals surface area contributed by atoms with Crippen LogP contribution in [0.3, 0.4) is 0 Å². The second kappa shape index (κ2) is 4.33. The number of nitrogens with two attached hydrogens (primary N) is 1. The van der Waals surface area contributed by atoms with Gasteiger partial charge in [0.1, 0.15) is 0 Å². The van der Waals surface area contributed by atoms with Crippen molar-refractivity contribution in [2.75, 3.05) is 0 Å². The summed E-state index contributed by atoms with van der Waals surface area (Å²) in [6.07, 6.45) is 0. The molecule has 0 aliphatic carbocycles. The third-order valence-corrected chi connectivity index (χ3v) is 4.75. The molecule has 0 unspecified atom stereocenters. The van der Waals surface area contributed by atoms with Crippen molar-refractivity contribution in [2.24, 2.45) is 11.1 Å². The van der Waals surface area contributed by atoms with Crippen LogP contribution in [0.15, 0.2) is 0 Å². The summed E-state index contributed by atoms with van der Waals surface area (Å²) >= 11 is 0. The van der Waals surface area contributed by atoms with Crippen molar-refractivity contribution in [3.05, 3.63) is 0 Å². The van der Waals surface area contributed by atoms with Crippen LogP contribution in [0.25, 0.3) is 0 Å². The summed E-state index contributed by atoms with van der Waals surface area (Å²) in [6, 6.07) is 0. The second-order valence-electron chi connectivity index (χ2n) is 5.37. The van der Waals surface area contributed by atoms with Crippen LogP contribution >= 0.6 is 0 Å². The molecule has 6 heteroatoms. The third-order valence-electron chi connectivity index (χ3n) is 3.03. The lowest BCUT2D eigenvalue weighted by Gasteiger charge is -2.36. The van der Waals surface area contributed by atoms with E-state index in [4.69, 9.17) is 5.73 Å². The summed E-state index contributed by atoms with van der Waals surface area (Å²) < 4.78 is 25.1. The van der Waals surface area contributed by atoms with Gasteiger partial charge in [-0.2, -0.15) is 0 Å². The van der Waals surface area contributed by atoms with Crippen molar-refractivity contribution in [1.82, 2.24) is 4.72 Å². The quantitative estimate of drug-likeness (QED) is 0.764. The van der Waals surface area contributed by atoms with Gasteiger partial charge in [-0.3, -0.25) is 9.52 Å². The van der Waals surface area contributed by atoms with Crippen molar-refractivity contribution in [3.8, 4) is 0 Å². The number of hydrogen-bond donors (Lipinski definition) is 2. The molecule has 96 valence electrons. The Kier molecular flexibility index (Phi) is 4.16. The van der Waals surface area contributed by atoms with Crippen LogP contribution in [0.1, 0.15) is 41.5 Å². The van der Waals surface area contributed by atoms with E-state index in [0.29, 0.717) is 0 Å². The third kappa shape index (κ3) is 3.18. The van der Waals surface area contributed by atoms with Gasteiger partial charge in [-0.05, 0) is 41.5 Å². The highest BCUT2D eigenvalue weighted by molar-refractivity contribution is 7.90. The van der Waals surface area contributed by atoms with E-state index >= 15 is 0 Å². The minimum absolute atomic E-state index is 0.575. The molecule has 0 saturated carbocycles. The Morgan fingerprint density at radius 3 is 1.81 bits per heavy atom. The van der Waals surface area contributed by atoms with E-state index in [1.807, 2.05) is 0 Å². The first-order chi connectivity index (χ1) is 6.82. The van der Waals surface area contributed by atoms with Gasteiger partial charge in [0.25, 0.3) is 0 Å². The molecule has 0 aromatic rings. The van der Waals surface area contributed by atoms with E-state index in [-0.39, 0.29) is 0 Å². The first kappa shape index (κ1) is 15.4. The van der Waals surface area contributed by atoms with Crippen molar-refractivity contribution in [3.63, 3.8) is 0 Å². The van der Waals surface area contributed by atoms with E-state index in [1.54, 1.807) is 27.7 Å². The summed E-state index contributed by atoms with van der Waals surface area (Å²) in [7, 11) is -3.60. The smallest absolute Gasteiger partial charge is 0.240 e. The molecule has 1 amide bonds. The van der Waals surface area contributed by atoms with E-state index < -0.39 is 32.1 Å². The lowest BCUT2D eigenvalue weighted by Crippen LogP contribution is -2.57. The fourth-order valence-corrected chi connectivity index (χ4v) is 1.42. The monoisotopic (exact) mass is 250 g/mol. The van der Waals surface area contributed by atoms with Gasteiger partial charge < -0.3 is 5.73 Å². The molecule has 0 atom stereocenters. The summed E-state index contributed by atoms with van der Waals surface area (Å²) in [5.41, 5.74) is 4.09. The molecular weight excluding hydrogens is 228 g/mol. The lowest BCUT2D eigenvalue weighted by atomic mass is 9.75. The number of hydrogen-bond acceptors (Lipinski definition) is 4. The SMILES string of the molecule is CC(C)S(=O)(=O)NC(=O)C(C)(C)C(C)(C)N. The molecule has 0 bridgehead atoms. The number of rotatable bonds is 4. The van der Waals surface area contributed by atoms with Gasteiger partial charge in [0.15, 0.2) is 0 Å². The highest BCUT2D eigenvalue weighted by Crippen LogP contribution is 2.28. The Bertz CT molecular complexity index is 364. The molecule has 16 heavy (non-hydrogen) atoms. The molecule has 0 saturated heterocycles.